The number of anilines is 1. The summed E-state index contributed by atoms with van der Waals surface area (Å²) in [6.07, 6.45) is 1.65. The minimum atomic E-state index is -0.720. The molecule has 6 nitrogen and oxygen atoms in total. The lowest BCUT2D eigenvalue weighted by Crippen LogP contribution is -2.30. The quantitative estimate of drug-likeness (QED) is 0.304. The summed E-state index contributed by atoms with van der Waals surface area (Å²) in [6.45, 7) is 3.85. The first-order valence-corrected chi connectivity index (χ1v) is 11.7. The van der Waals surface area contributed by atoms with Crippen molar-refractivity contribution in [1.29, 1.82) is 0 Å². The molecule has 5 aromatic rings. The Morgan fingerprint density at radius 1 is 0.833 bits per heavy atom. The summed E-state index contributed by atoms with van der Waals surface area (Å²) >= 11 is 0. The lowest BCUT2D eigenvalue weighted by atomic mass is 9.98. The Morgan fingerprint density at radius 2 is 1.61 bits per heavy atom. The third-order valence-electron chi connectivity index (χ3n) is 6.33. The van der Waals surface area contributed by atoms with Crippen LogP contribution >= 0.6 is 0 Å². The first-order chi connectivity index (χ1) is 17.5. The average molecular weight is 475 g/mol. The second-order valence-corrected chi connectivity index (χ2v) is 8.93. The number of aromatic nitrogens is 1. The van der Waals surface area contributed by atoms with Crippen LogP contribution in [0.25, 0.3) is 11.0 Å². The van der Waals surface area contributed by atoms with E-state index in [9.17, 15) is 9.59 Å². The van der Waals surface area contributed by atoms with Gasteiger partial charge in [-0.3, -0.25) is 14.5 Å². The third kappa shape index (κ3) is 3.64. The maximum atomic E-state index is 13.8. The van der Waals surface area contributed by atoms with Crippen molar-refractivity contribution in [2.75, 3.05) is 4.90 Å². The Labute approximate surface area is 207 Å². The number of fused-ring (bicyclic) bond motifs is 2. The molecule has 0 N–H and O–H groups in total. The van der Waals surface area contributed by atoms with E-state index in [1.165, 1.54) is 4.90 Å². The Balaban J connectivity index is 1.56. The van der Waals surface area contributed by atoms with Gasteiger partial charge >= 0.3 is 0 Å². The molecule has 0 saturated carbocycles. The molecule has 0 bridgehead atoms. The molecule has 0 saturated heterocycles. The minimum absolute atomic E-state index is 0.0408. The molecule has 2 aromatic heterocycles. The molecule has 176 valence electrons. The highest BCUT2D eigenvalue weighted by molar-refractivity contribution is 6.10. The highest BCUT2D eigenvalue weighted by atomic mass is 16.5. The van der Waals surface area contributed by atoms with Crippen LogP contribution in [0.2, 0.25) is 0 Å². The molecule has 0 radical (unpaired) electrons. The number of carbonyl (C=O) groups excluding carboxylic acids is 1. The fourth-order valence-corrected chi connectivity index (χ4v) is 4.66. The van der Waals surface area contributed by atoms with E-state index in [-0.39, 0.29) is 11.2 Å². The predicted molar refractivity (Wildman–Crippen MR) is 138 cm³/mol. The van der Waals surface area contributed by atoms with Crippen LogP contribution in [0.5, 0.6) is 11.5 Å². The molecule has 1 amide bonds. The molecule has 0 aliphatic carbocycles. The summed E-state index contributed by atoms with van der Waals surface area (Å²) in [6, 6.07) is 25.2. The number of hydrogen-bond donors (Lipinski definition) is 0. The van der Waals surface area contributed by atoms with Gasteiger partial charge in [0.25, 0.3) is 5.91 Å². The predicted octanol–water partition coefficient (Wildman–Crippen LogP) is 6.35. The summed E-state index contributed by atoms with van der Waals surface area (Å²) in [4.78, 5) is 33.6. The number of benzene rings is 3. The van der Waals surface area contributed by atoms with E-state index in [1.807, 2.05) is 86.6 Å². The van der Waals surface area contributed by atoms with E-state index in [4.69, 9.17) is 9.15 Å². The van der Waals surface area contributed by atoms with Gasteiger partial charge in [0.2, 0.25) is 5.76 Å². The standard InChI is InChI=1S/C30H22N2O4/c1-18-11-12-24-23(15-18)28(33)26-27(20-7-6-10-22(17-20)35-21-8-4-3-5-9-21)32(30(34)29(26)36-24)25-16-19(2)13-14-31-25/h3-17,27H,1-2H3. The van der Waals surface area contributed by atoms with Gasteiger partial charge in [-0.1, -0.05) is 42.0 Å². The number of ether oxygens (including phenoxy) is 1. The summed E-state index contributed by atoms with van der Waals surface area (Å²) in [7, 11) is 0. The zero-order chi connectivity index (χ0) is 24.8. The highest BCUT2D eigenvalue weighted by Gasteiger charge is 2.44. The number of amides is 1. The van der Waals surface area contributed by atoms with Gasteiger partial charge in [-0.2, -0.15) is 0 Å². The molecule has 6 rings (SSSR count). The Bertz CT molecular complexity index is 1690. The van der Waals surface area contributed by atoms with Crippen LogP contribution in [0.4, 0.5) is 5.82 Å². The molecular formula is C30H22N2O4. The molecule has 3 aromatic carbocycles. The molecule has 0 spiro atoms. The lowest BCUT2D eigenvalue weighted by molar-refractivity contribution is 0.0970. The molecule has 1 unspecified atom stereocenters. The number of para-hydroxylation sites is 1. The molecule has 3 heterocycles. The third-order valence-corrected chi connectivity index (χ3v) is 6.33. The van der Waals surface area contributed by atoms with Crippen molar-refractivity contribution in [3.63, 3.8) is 0 Å². The van der Waals surface area contributed by atoms with Crippen molar-refractivity contribution >= 4 is 22.7 Å². The number of nitrogens with zero attached hydrogens (tertiary/aromatic N) is 2. The zero-order valence-corrected chi connectivity index (χ0v) is 19.8. The van der Waals surface area contributed by atoms with E-state index in [0.29, 0.717) is 33.8 Å². The molecule has 0 fully saturated rings. The highest BCUT2D eigenvalue weighted by Crippen LogP contribution is 2.41. The van der Waals surface area contributed by atoms with Crippen molar-refractivity contribution in [2.24, 2.45) is 0 Å². The fraction of sp³-hybridized carbons (Fsp3) is 0.100. The Hall–Kier alpha value is -4.71. The van der Waals surface area contributed by atoms with Crippen molar-refractivity contribution in [3.8, 4) is 11.5 Å². The summed E-state index contributed by atoms with van der Waals surface area (Å²) in [5.74, 6) is 1.38. The van der Waals surface area contributed by atoms with Crippen molar-refractivity contribution < 1.29 is 13.9 Å². The first kappa shape index (κ1) is 21.8. The van der Waals surface area contributed by atoms with Gasteiger partial charge in [-0.25, -0.2) is 4.98 Å². The van der Waals surface area contributed by atoms with Gasteiger partial charge in [-0.05, 0) is 73.5 Å². The zero-order valence-electron chi connectivity index (χ0n) is 19.8. The minimum Gasteiger partial charge on any atom is -0.457 e. The van der Waals surface area contributed by atoms with E-state index in [1.54, 1.807) is 18.3 Å². The first-order valence-electron chi connectivity index (χ1n) is 11.7. The van der Waals surface area contributed by atoms with Gasteiger partial charge in [-0.15, -0.1) is 0 Å². The van der Waals surface area contributed by atoms with Crippen molar-refractivity contribution in [3.05, 3.63) is 129 Å². The second kappa shape index (κ2) is 8.50. The Kier molecular flexibility index (Phi) is 5.15. The van der Waals surface area contributed by atoms with Gasteiger partial charge in [0.1, 0.15) is 22.9 Å². The van der Waals surface area contributed by atoms with Gasteiger partial charge < -0.3 is 9.15 Å². The summed E-state index contributed by atoms with van der Waals surface area (Å²) in [5.41, 5.74) is 3.07. The van der Waals surface area contributed by atoms with Gasteiger partial charge in [0.05, 0.1) is 17.0 Å². The number of aryl methyl sites for hydroxylation is 2. The van der Waals surface area contributed by atoms with Crippen LogP contribution in [0.1, 0.15) is 38.9 Å². The van der Waals surface area contributed by atoms with E-state index >= 15 is 0 Å². The summed E-state index contributed by atoms with van der Waals surface area (Å²) in [5, 5.41) is 0.447. The average Bonchev–Trinajstić information content (AvgIpc) is 3.18. The normalized spacial score (nSPS) is 14.8. The lowest BCUT2D eigenvalue weighted by Gasteiger charge is -2.24. The fourth-order valence-electron chi connectivity index (χ4n) is 4.66. The molecular weight excluding hydrogens is 452 g/mol. The van der Waals surface area contributed by atoms with Crippen molar-refractivity contribution in [1.82, 2.24) is 4.98 Å². The molecule has 6 heteroatoms. The summed E-state index contributed by atoms with van der Waals surface area (Å²) < 4.78 is 12.1. The number of pyridine rings is 1. The van der Waals surface area contributed by atoms with Gasteiger partial charge in [0, 0.05) is 6.20 Å². The number of carbonyl (C=O) groups is 1. The molecule has 36 heavy (non-hydrogen) atoms. The van der Waals surface area contributed by atoms with Crippen LogP contribution in [0.15, 0.2) is 100 Å². The number of rotatable bonds is 4. The molecule has 1 atom stereocenters. The van der Waals surface area contributed by atoms with Crippen LogP contribution < -0.4 is 15.1 Å². The number of hydrogen-bond acceptors (Lipinski definition) is 5. The maximum Gasteiger partial charge on any atom is 0.296 e. The van der Waals surface area contributed by atoms with Crippen LogP contribution in [-0.4, -0.2) is 10.9 Å². The van der Waals surface area contributed by atoms with E-state index < -0.39 is 11.9 Å². The van der Waals surface area contributed by atoms with Crippen LogP contribution in [-0.2, 0) is 0 Å². The molecule has 1 aliphatic rings. The van der Waals surface area contributed by atoms with E-state index in [2.05, 4.69) is 4.98 Å². The SMILES string of the molecule is Cc1ccnc(N2C(=O)c3oc4ccc(C)cc4c(=O)c3C2c2cccc(Oc3ccccc3)c2)c1. The van der Waals surface area contributed by atoms with Gasteiger partial charge in [0.15, 0.2) is 5.43 Å². The maximum absolute atomic E-state index is 13.8. The topological polar surface area (TPSA) is 72.6 Å². The monoisotopic (exact) mass is 474 g/mol. The van der Waals surface area contributed by atoms with E-state index in [0.717, 1.165) is 16.7 Å². The van der Waals surface area contributed by atoms with Crippen molar-refractivity contribution in [2.45, 2.75) is 19.9 Å². The smallest absolute Gasteiger partial charge is 0.296 e. The van der Waals surface area contributed by atoms with Crippen LogP contribution in [0.3, 0.4) is 0 Å². The molecule has 1 aliphatic heterocycles. The Morgan fingerprint density at radius 3 is 2.42 bits per heavy atom. The second-order valence-electron chi connectivity index (χ2n) is 8.93. The largest absolute Gasteiger partial charge is 0.457 e. The van der Waals surface area contributed by atoms with Crippen LogP contribution in [0, 0.1) is 13.8 Å².